The number of hydrogen-bond donors (Lipinski definition) is 2. The highest BCUT2D eigenvalue weighted by atomic mass is 16.5. The molecule has 0 aliphatic heterocycles. The summed E-state index contributed by atoms with van der Waals surface area (Å²) in [4.78, 5) is 19.5. The predicted molar refractivity (Wildman–Crippen MR) is 88.0 cm³/mol. The first-order chi connectivity index (χ1) is 11.2. The van der Waals surface area contributed by atoms with Crippen molar-refractivity contribution in [2.45, 2.75) is 0 Å². The van der Waals surface area contributed by atoms with Gasteiger partial charge >= 0.3 is 0 Å². The second-order valence-electron chi connectivity index (χ2n) is 4.97. The van der Waals surface area contributed by atoms with Gasteiger partial charge in [0.05, 0.1) is 25.3 Å². The molecule has 6 heteroatoms. The van der Waals surface area contributed by atoms with Gasteiger partial charge in [-0.1, -0.05) is 0 Å². The summed E-state index contributed by atoms with van der Waals surface area (Å²) in [6.07, 6.45) is 0. The molecule has 6 nitrogen and oxygen atoms in total. The highest BCUT2D eigenvalue weighted by molar-refractivity contribution is 5.97. The van der Waals surface area contributed by atoms with Crippen molar-refractivity contribution in [1.82, 2.24) is 15.3 Å². The van der Waals surface area contributed by atoms with Crippen LogP contribution >= 0.6 is 0 Å². The average molecular weight is 311 g/mol. The standard InChI is InChI=1S/C17H17N3O3/c1-18-17(21)11-4-6-12-13(8-11)20-16(19-12)10-5-7-14(22-2)15(9-10)23-3/h4-9H,1-3H3,(H,18,21)(H,19,20). The van der Waals surface area contributed by atoms with Gasteiger partial charge in [-0.25, -0.2) is 4.98 Å². The smallest absolute Gasteiger partial charge is 0.251 e. The summed E-state index contributed by atoms with van der Waals surface area (Å²) in [5, 5.41) is 2.61. The fourth-order valence-corrected chi connectivity index (χ4v) is 2.42. The molecule has 1 heterocycles. The van der Waals surface area contributed by atoms with E-state index < -0.39 is 0 Å². The molecule has 2 aromatic carbocycles. The van der Waals surface area contributed by atoms with E-state index in [1.165, 1.54) is 0 Å². The van der Waals surface area contributed by atoms with Gasteiger partial charge in [0.25, 0.3) is 5.91 Å². The Morgan fingerprint density at radius 3 is 2.57 bits per heavy atom. The van der Waals surface area contributed by atoms with Crippen LogP contribution in [0.1, 0.15) is 10.4 Å². The number of fused-ring (bicyclic) bond motifs is 1. The van der Waals surface area contributed by atoms with Crippen molar-refractivity contribution in [2.75, 3.05) is 21.3 Å². The van der Waals surface area contributed by atoms with Crippen LogP contribution < -0.4 is 14.8 Å². The number of nitrogens with one attached hydrogen (secondary N) is 2. The maximum atomic E-state index is 11.7. The molecular weight excluding hydrogens is 294 g/mol. The number of aromatic nitrogens is 2. The van der Waals surface area contributed by atoms with Crippen molar-refractivity contribution < 1.29 is 14.3 Å². The molecule has 0 bridgehead atoms. The largest absolute Gasteiger partial charge is 0.493 e. The summed E-state index contributed by atoms with van der Waals surface area (Å²) >= 11 is 0. The van der Waals surface area contributed by atoms with Crippen LogP contribution in [0, 0.1) is 0 Å². The third kappa shape index (κ3) is 2.70. The Kier molecular flexibility index (Phi) is 3.89. The molecule has 23 heavy (non-hydrogen) atoms. The summed E-state index contributed by atoms with van der Waals surface area (Å²) in [6.45, 7) is 0. The molecule has 2 N–H and O–H groups in total. The van der Waals surface area contributed by atoms with Gasteiger partial charge in [-0.3, -0.25) is 4.79 Å². The van der Waals surface area contributed by atoms with E-state index in [9.17, 15) is 4.79 Å². The van der Waals surface area contributed by atoms with E-state index in [-0.39, 0.29) is 5.91 Å². The fourth-order valence-electron chi connectivity index (χ4n) is 2.42. The number of amides is 1. The molecule has 1 amide bonds. The van der Waals surface area contributed by atoms with E-state index >= 15 is 0 Å². The minimum Gasteiger partial charge on any atom is -0.493 e. The van der Waals surface area contributed by atoms with Crippen LogP contribution in [0.25, 0.3) is 22.4 Å². The number of imidazole rings is 1. The summed E-state index contributed by atoms with van der Waals surface area (Å²) in [5.41, 5.74) is 3.06. The van der Waals surface area contributed by atoms with Crippen molar-refractivity contribution in [2.24, 2.45) is 0 Å². The van der Waals surface area contributed by atoms with Gasteiger partial charge in [0.1, 0.15) is 5.82 Å². The molecule has 118 valence electrons. The highest BCUT2D eigenvalue weighted by Crippen LogP contribution is 2.32. The first kappa shape index (κ1) is 14.9. The van der Waals surface area contributed by atoms with Crippen LogP contribution in [0.5, 0.6) is 11.5 Å². The van der Waals surface area contributed by atoms with Crippen LogP contribution in [0.15, 0.2) is 36.4 Å². The van der Waals surface area contributed by atoms with Crippen molar-refractivity contribution in [3.63, 3.8) is 0 Å². The van der Waals surface area contributed by atoms with Gasteiger partial charge in [0.2, 0.25) is 0 Å². The Hall–Kier alpha value is -3.02. The number of carbonyl (C=O) groups excluding carboxylic acids is 1. The predicted octanol–water partition coefficient (Wildman–Crippen LogP) is 2.61. The van der Waals surface area contributed by atoms with Gasteiger partial charge in [-0.15, -0.1) is 0 Å². The molecule has 0 unspecified atom stereocenters. The number of hydrogen-bond acceptors (Lipinski definition) is 4. The monoisotopic (exact) mass is 311 g/mol. The van der Waals surface area contributed by atoms with Crippen LogP contribution in [-0.2, 0) is 0 Å². The lowest BCUT2D eigenvalue weighted by atomic mass is 10.2. The number of ether oxygens (including phenoxy) is 2. The molecule has 0 atom stereocenters. The third-order valence-corrected chi connectivity index (χ3v) is 3.63. The zero-order chi connectivity index (χ0) is 16.4. The van der Waals surface area contributed by atoms with E-state index in [0.717, 1.165) is 16.6 Å². The molecule has 0 saturated carbocycles. The topological polar surface area (TPSA) is 76.2 Å². The molecule has 0 aliphatic carbocycles. The first-order valence-corrected chi connectivity index (χ1v) is 7.10. The number of aromatic amines is 1. The minimum absolute atomic E-state index is 0.130. The number of benzene rings is 2. The zero-order valence-electron chi connectivity index (χ0n) is 13.1. The van der Waals surface area contributed by atoms with Crippen molar-refractivity contribution >= 4 is 16.9 Å². The number of nitrogens with zero attached hydrogens (tertiary/aromatic N) is 1. The lowest BCUT2D eigenvalue weighted by Gasteiger charge is -2.08. The quantitative estimate of drug-likeness (QED) is 0.776. The van der Waals surface area contributed by atoms with E-state index in [0.29, 0.717) is 22.9 Å². The second-order valence-corrected chi connectivity index (χ2v) is 4.97. The second kappa shape index (κ2) is 6.00. The zero-order valence-corrected chi connectivity index (χ0v) is 13.1. The number of rotatable bonds is 4. The molecule has 1 aromatic heterocycles. The van der Waals surface area contributed by atoms with Crippen LogP contribution in [0.4, 0.5) is 0 Å². The number of H-pyrrole nitrogens is 1. The van der Waals surface area contributed by atoms with Gasteiger partial charge in [0, 0.05) is 18.2 Å². The summed E-state index contributed by atoms with van der Waals surface area (Å²) in [7, 11) is 4.80. The highest BCUT2D eigenvalue weighted by Gasteiger charge is 2.11. The summed E-state index contributed by atoms with van der Waals surface area (Å²) in [5.74, 6) is 1.87. The molecule has 3 rings (SSSR count). The van der Waals surface area contributed by atoms with Crippen LogP contribution in [0.3, 0.4) is 0 Å². The Bertz CT molecular complexity index is 871. The lowest BCUT2D eigenvalue weighted by molar-refractivity contribution is 0.0963. The van der Waals surface area contributed by atoms with E-state index in [1.54, 1.807) is 33.4 Å². The Morgan fingerprint density at radius 1 is 1.09 bits per heavy atom. The van der Waals surface area contributed by atoms with Crippen molar-refractivity contribution in [3.8, 4) is 22.9 Å². The molecule has 0 radical (unpaired) electrons. The summed E-state index contributed by atoms with van der Waals surface area (Å²) in [6, 6.07) is 10.9. The first-order valence-electron chi connectivity index (χ1n) is 7.10. The molecule has 0 aliphatic rings. The molecular formula is C17H17N3O3. The van der Waals surface area contributed by atoms with Gasteiger partial charge in [-0.2, -0.15) is 0 Å². The van der Waals surface area contributed by atoms with E-state index in [1.807, 2.05) is 24.3 Å². The van der Waals surface area contributed by atoms with Crippen molar-refractivity contribution in [3.05, 3.63) is 42.0 Å². The minimum atomic E-state index is -0.130. The van der Waals surface area contributed by atoms with E-state index in [4.69, 9.17) is 9.47 Å². The fraction of sp³-hybridized carbons (Fsp3) is 0.176. The van der Waals surface area contributed by atoms with Crippen LogP contribution in [-0.4, -0.2) is 37.1 Å². The Balaban J connectivity index is 2.05. The SMILES string of the molecule is CNC(=O)c1ccc2nc(-c3ccc(OC)c(OC)c3)[nH]c2c1. The van der Waals surface area contributed by atoms with Crippen molar-refractivity contribution in [1.29, 1.82) is 0 Å². The van der Waals surface area contributed by atoms with Gasteiger partial charge < -0.3 is 19.8 Å². The average Bonchev–Trinajstić information content (AvgIpc) is 3.03. The number of methoxy groups -OCH3 is 2. The van der Waals surface area contributed by atoms with Crippen LogP contribution in [0.2, 0.25) is 0 Å². The molecule has 0 fully saturated rings. The third-order valence-electron chi connectivity index (χ3n) is 3.63. The van der Waals surface area contributed by atoms with E-state index in [2.05, 4.69) is 15.3 Å². The maximum absolute atomic E-state index is 11.7. The Morgan fingerprint density at radius 2 is 1.87 bits per heavy atom. The van der Waals surface area contributed by atoms with Gasteiger partial charge in [-0.05, 0) is 36.4 Å². The number of carbonyl (C=O) groups is 1. The van der Waals surface area contributed by atoms with Gasteiger partial charge in [0.15, 0.2) is 11.5 Å². The Labute approximate surface area is 133 Å². The molecule has 0 spiro atoms. The molecule has 3 aromatic rings. The lowest BCUT2D eigenvalue weighted by Crippen LogP contribution is -2.17. The summed E-state index contributed by atoms with van der Waals surface area (Å²) < 4.78 is 10.6. The maximum Gasteiger partial charge on any atom is 0.251 e. The molecule has 0 saturated heterocycles. The normalized spacial score (nSPS) is 10.6.